The van der Waals surface area contributed by atoms with Gasteiger partial charge >= 0.3 is 29.8 Å². The number of hydrogen-bond donors (Lipinski definition) is 0. The van der Waals surface area contributed by atoms with Crippen LogP contribution >= 0.6 is 0 Å². The van der Waals surface area contributed by atoms with Crippen LogP contribution in [0.2, 0.25) is 0 Å². The number of carbonyl (C=O) groups is 5. The van der Waals surface area contributed by atoms with Gasteiger partial charge in [0.1, 0.15) is 5.39 Å². The first-order chi connectivity index (χ1) is 16.4. The van der Waals surface area contributed by atoms with Crippen molar-refractivity contribution >= 4 is 51.8 Å². The summed E-state index contributed by atoms with van der Waals surface area (Å²) < 4.78 is 31.5. The van der Waals surface area contributed by atoms with E-state index >= 15 is 0 Å². The molecule has 1 aromatic heterocycles. The van der Waals surface area contributed by atoms with Crippen LogP contribution in [0.15, 0.2) is 27.4 Å². The van der Waals surface area contributed by atoms with Gasteiger partial charge in [0, 0.05) is 34.6 Å². The van der Waals surface area contributed by atoms with Crippen molar-refractivity contribution in [3.63, 3.8) is 0 Å². The minimum Gasteiger partial charge on any atom is -0.448 e. The molecular weight excluding hydrogens is 468 g/mol. The lowest BCUT2D eigenvalue weighted by Crippen LogP contribution is -2.16. The quantitative estimate of drug-likeness (QED) is 0.295. The van der Waals surface area contributed by atoms with Crippen LogP contribution in [0.25, 0.3) is 21.9 Å². The zero-order valence-corrected chi connectivity index (χ0v) is 19.1. The minimum absolute atomic E-state index is 0.118. The smallest absolute Gasteiger partial charge is 0.308 e. The van der Waals surface area contributed by atoms with Crippen molar-refractivity contribution in [2.75, 3.05) is 0 Å². The monoisotopic (exact) mass is 486 g/mol. The molecule has 0 fully saturated rings. The molecule has 182 valence electrons. The third-order valence-electron chi connectivity index (χ3n) is 4.17. The maximum absolute atomic E-state index is 13.6. The summed E-state index contributed by atoms with van der Waals surface area (Å²) in [7, 11) is 0. The van der Waals surface area contributed by atoms with E-state index in [1.165, 1.54) is 18.2 Å². The largest absolute Gasteiger partial charge is 0.448 e. The van der Waals surface area contributed by atoms with Crippen LogP contribution in [0.5, 0.6) is 28.7 Å². The summed E-state index contributed by atoms with van der Waals surface area (Å²) in [6.07, 6.45) is 0. The fraction of sp³-hybridized carbons (Fsp3) is 0.217. The van der Waals surface area contributed by atoms with E-state index in [1.807, 2.05) is 0 Å². The van der Waals surface area contributed by atoms with Gasteiger partial charge in [0.05, 0.1) is 5.39 Å². The molecule has 0 aliphatic heterocycles. The first-order valence-corrected chi connectivity index (χ1v) is 9.92. The van der Waals surface area contributed by atoms with E-state index in [9.17, 15) is 28.8 Å². The highest BCUT2D eigenvalue weighted by atomic mass is 16.6. The van der Waals surface area contributed by atoms with Crippen LogP contribution < -0.4 is 29.1 Å². The predicted octanol–water partition coefficient (Wildman–Crippen LogP) is 2.57. The molecule has 0 unspecified atom stereocenters. The lowest BCUT2D eigenvalue weighted by Gasteiger charge is -2.18. The summed E-state index contributed by atoms with van der Waals surface area (Å²) in [5, 5.41) is -0.594. The Hall–Kier alpha value is -4.74. The molecule has 0 saturated heterocycles. The second-order valence-corrected chi connectivity index (χ2v) is 7.05. The Kier molecular flexibility index (Phi) is 6.85. The van der Waals surface area contributed by atoms with Gasteiger partial charge in [0.2, 0.25) is 22.7 Å². The fourth-order valence-electron chi connectivity index (χ4n) is 3.17. The molecule has 0 atom stereocenters. The maximum atomic E-state index is 13.6. The summed E-state index contributed by atoms with van der Waals surface area (Å²) in [5.74, 6) is -7.18. The van der Waals surface area contributed by atoms with E-state index in [2.05, 4.69) is 0 Å². The fourth-order valence-corrected chi connectivity index (χ4v) is 3.17. The van der Waals surface area contributed by atoms with Crippen LogP contribution in [0.1, 0.15) is 34.6 Å². The molecule has 3 aromatic rings. The van der Waals surface area contributed by atoms with E-state index in [4.69, 9.17) is 28.1 Å². The first-order valence-electron chi connectivity index (χ1n) is 9.92. The maximum Gasteiger partial charge on any atom is 0.308 e. The van der Waals surface area contributed by atoms with Gasteiger partial charge in [-0.2, -0.15) is 0 Å². The molecule has 1 heterocycles. The van der Waals surface area contributed by atoms with Crippen LogP contribution in [0.3, 0.4) is 0 Å². The molecule has 0 bridgehead atoms. The second-order valence-electron chi connectivity index (χ2n) is 7.05. The zero-order valence-electron chi connectivity index (χ0n) is 19.1. The third kappa shape index (κ3) is 5.11. The van der Waals surface area contributed by atoms with Gasteiger partial charge in [-0.25, -0.2) is 0 Å². The van der Waals surface area contributed by atoms with Gasteiger partial charge in [0.25, 0.3) is 0 Å². The second kappa shape index (κ2) is 9.63. The van der Waals surface area contributed by atoms with Crippen molar-refractivity contribution in [1.29, 1.82) is 0 Å². The third-order valence-corrected chi connectivity index (χ3v) is 4.17. The number of rotatable bonds is 5. The van der Waals surface area contributed by atoms with E-state index in [1.54, 1.807) is 0 Å². The topological polar surface area (TPSA) is 162 Å². The lowest BCUT2D eigenvalue weighted by molar-refractivity contribution is -0.136. The van der Waals surface area contributed by atoms with Gasteiger partial charge in [-0.1, -0.05) is 6.07 Å². The number of esters is 5. The summed E-state index contributed by atoms with van der Waals surface area (Å²) in [6, 6.07) is 4.08. The van der Waals surface area contributed by atoms with E-state index in [-0.39, 0.29) is 16.7 Å². The van der Waals surface area contributed by atoms with Crippen molar-refractivity contribution in [1.82, 2.24) is 0 Å². The SMILES string of the molecule is CC(=O)Oc1c(OC(C)=O)c(OC(C)=O)c2c(=O)c3cccc(OC(C)=O)c3oc2c1OC(C)=O. The number of ether oxygens (including phenoxy) is 5. The molecule has 0 aliphatic rings. The molecule has 0 aliphatic carbocycles. The number of fused-ring (bicyclic) bond motifs is 2. The molecular formula is C23H18O12. The van der Waals surface area contributed by atoms with Gasteiger partial charge < -0.3 is 28.1 Å². The standard InChI is InChI=1S/C23H18O12/c1-9(24)30-15-8-6-7-14-17(29)16-19(31-10(2)25)21(32-11(3)26)23(34-13(5)28)22(33-12(4)27)20(16)35-18(14)15/h6-8H,1-5H3. The average molecular weight is 486 g/mol. The van der Waals surface area contributed by atoms with Gasteiger partial charge in [-0.3, -0.25) is 28.8 Å². The minimum atomic E-state index is -0.942. The summed E-state index contributed by atoms with van der Waals surface area (Å²) in [4.78, 5) is 72.6. The summed E-state index contributed by atoms with van der Waals surface area (Å²) in [5.41, 5.74) is -1.57. The molecule has 2 aromatic carbocycles. The molecule has 0 radical (unpaired) electrons. The van der Waals surface area contributed by atoms with Crippen LogP contribution in [0.4, 0.5) is 0 Å². The Morgan fingerprint density at radius 1 is 0.600 bits per heavy atom. The van der Waals surface area contributed by atoms with Crippen molar-refractivity contribution in [3.8, 4) is 28.7 Å². The van der Waals surface area contributed by atoms with Crippen molar-refractivity contribution in [2.45, 2.75) is 34.6 Å². The highest BCUT2D eigenvalue weighted by Crippen LogP contribution is 2.51. The predicted molar refractivity (Wildman–Crippen MR) is 117 cm³/mol. The molecule has 0 spiro atoms. The Labute approximate surface area is 196 Å². The Bertz CT molecular complexity index is 1480. The summed E-state index contributed by atoms with van der Waals surface area (Å²) in [6.45, 7) is 5.15. The number of hydrogen-bond acceptors (Lipinski definition) is 12. The van der Waals surface area contributed by atoms with Crippen LogP contribution in [-0.2, 0) is 24.0 Å². The molecule has 0 amide bonds. The van der Waals surface area contributed by atoms with E-state index in [0.29, 0.717) is 0 Å². The normalized spacial score (nSPS) is 10.5. The van der Waals surface area contributed by atoms with Crippen molar-refractivity contribution in [2.24, 2.45) is 0 Å². The van der Waals surface area contributed by atoms with Gasteiger partial charge in [-0.05, 0) is 12.1 Å². The van der Waals surface area contributed by atoms with Gasteiger partial charge in [0.15, 0.2) is 22.7 Å². The number of para-hydroxylation sites is 1. The highest BCUT2D eigenvalue weighted by Gasteiger charge is 2.33. The lowest BCUT2D eigenvalue weighted by atomic mass is 10.1. The number of benzene rings is 2. The van der Waals surface area contributed by atoms with Crippen LogP contribution in [0, 0.1) is 0 Å². The molecule has 3 rings (SSSR count). The molecule has 12 nitrogen and oxygen atoms in total. The highest BCUT2D eigenvalue weighted by molar-refractivity contribution is 6.04. The van der Waals surface area contributed by atoms with Crippen molar-refractivity contribution < 1.29 is 52.1 Å². The van der Waals surface area contributed by atoms with Crippen LogP contribution in [-0.4, -0.2) is 29.8 Å². The molecule has 0 N–H and O–H groups in total. The Balaban J connectivity index is 2.66. The molecule has 0 saturated carbocycles. The van der Waals surface area contributed by atoms with E-state index in [0.717, 1.165) is 34.6 Å². The Morgan fingerprint density at radius 3 is 1.57 bits per heavy atom. The summed E-state index contributed by atoms with van der Waals surface area (Å²) >= 11 is 0. The first kappa shape index (κ1) is 24.9. The molecule has 35 heavy (non-hydrogen) atoms. The average Bonchev–Trinajstić information content (AvgIpc) is 2.72. The zero-order chi connectivity index (χ0) is 26.0. The molecule has 12 heteroatoms. The number of carbonyl (C=O) groups excluding carboxylic acids is 5. The Morgan fingerprint density at radius 2 is 1.06 bits per heavy atom. The van der Waals surface area contributed by atoms with Gasteiger partial charge in [-0.15, -0.1) is 0 Å². The van der Waals surface area contributed by atoms with E-state index < -0.39 is 69.2 Å². The van der Waals surface area contributed by atoms with Crippen molar-refractivity contribution in [3.05, 3.63) is 28.4 Å².